The van der Waals surface area contributed by atoms with Crippen molar-refractivity contribution in [3.63, 3.8) is 0 Å². The second-order valence-electron chi connectivity index (χ2n) is 4.52. The van der Waals surface area contributed by atoms with Gasteiger partial charge in [-0.25, -0.2) is 0 Å². The van der Waals surface area contributed by atoms with E-state index in [4.69, 9.17) is 9.63 Å². The molecule has 19 heavy (non-hydrogen) atoms. The summed E-state index contributed by atoms with van der Waals surface area (Å²) in [5.74, 6) is 1.42. The molecule has 102 valence electrons. The molecule has 0 saturated heterocycles. The molecule has 1 aliphatic rings. The molecule has 0 atom stereocenters. The number of aliphatic hydroxyl groups is 1. The molecule has 2 aromatic rings. The summed E-state index contributed by atoms with van der Waals surface area (Å²) in [7, 11) is 0. The van der Waals surface area contributed by atoms with Crippen molar-refractivity contribution < 1.29 is 9.63 Å². The second kappa shape index (κ2) is 6.48. The molecule has 1 N–H and O–H groups in total. The Bertz CT molecular complexity index is 535. The van der Waals surface area contributed by atoms with Crippen LogP contribution < -0.4 is 0 Å². The standard InChI is InChI=1S/C13H14N2O.C2H6O/c1-2-12-14-13(15-16-12)11-7-6-9-4-3-5-10(9)8-11;1-2-3/h6-8H,2-5H2,1H3;3H,2H2,1H3. The van der Waals surface area contributed by atoms with Gasteiger partial charge in [0.1, 0.15) is 0 Å². The maximum atomic E-state index is 7.57. The lowest BCUT2D eigenvalue weighted by molar-refractivity contribution is 0.318. The van der Waals surface area contributed by atoms with Gasteiger partial charge >= 0.3 is 0 Å². The zero-order chi connectivity index (χ0) is 13.7. The van der Waals surface area contributed by atoms with Crippen LogP contribution in [0.5, 0.6) is 0 Å². The van der Waals surface area contributed by atoms with E-state index in [0.29, 0.717) is 11.7 Å². The van der Waals surface area contributed by atoms with Gasteiger partial charge in [0, 0.05) is 18.6 Å². The first kappa shape index (κ1) is 13.7. The second-order valence-corrected chi connectivity index (χ2v) is 4.52. The van der Waals surface area contributed by atoms with Crippen molar-refractivity contribution in [2.24, 2.45) is 0 Å². The summed E-state index contributed by atoms with van der Waals surface area (Å²) < 4.78 is 5.13. The number of rotatable bonds is 2. The van der Waals surface area contributed by atoms with E-state index in [0.717, 1.165) is 12.0 Å². The third-order valence-electron chi connectivity index (χ3n) is 3.13. The molecule has 1 heterocycles. The summed E-state index contributed by atoms with van der Waals surface area (Å²) in [6.45, 7) is 3.94. The molecule has 4 heteroatoms. The lowest BCUT2D eigenvalue weighted by Crippen LogP contribution is -1.86. The third kappa shape index (κ3) is 3.20. The van der Waals surface area contributed by atoms with Crippen molar-refractivity contribution >= 4 is 0 Å². The van der Waals surface area contributed by atoms with E-state index in [-0.39, 0.29) is 6.61 Å². The van der Waals surface area contributed by atoms with E-state index in [9.17, 15) is 0 Å². The zero-order valence-electron chi connectivity index (χ0n) is 11.5. The van der Waals surface area contributed by atoms with E-state index < -0.39 is 0 Å². The summed E-state index contributed by atoms with van der Waals surface area (Å²) in [5.41, 5.74) is 3.99. The van der Waals surface area contributed by atoms with Crippen LogP contribution in [0, 0.1) is 0 Å². The molecule has 0 aliphatic heterocycles. The molecule has 0 radical (unpaired) electrons. The van der Waals surface area contributed by atoms with Crippen LogP contribution in [0.3, 0.4) is 0 Å². The van der Waals surface area contributed by atoms with E-state index in [1.54, 1.807) is 6.92 Å². The molecular formula is C15H20N2O2. The average molecular weight is 260 g/mol. The smallest absolute Gasteiger partial charge is 0.226 e. The molecule has 1 aromatic heterocycles. The van der Waals surface area contributed by atoms with Crippen molar-refractivity contribution in [1.29, 1.82) is 0 Å². The van der Waals surface area contributed by atoms with Gasteiger partial charge in [0.25, 0.3) is 0 Å². The van der Waals surface area contributed by atoms with Crippen LogP contribution in [-0.4, -0.2) is 21.9 Å². The van der Waals surface area contributed by atoms with Gasteiger partial charge < -0.3 is 9.63 Å². The number of hydrogen-bond donors (Lipinski definition) is 1. The van der Waals surface area contributed by atoms with E-state index >= 15 is 0 Å². The Kier molecular flexibility index (Phi) is 4.68. The van der Waals surface area contributed by atoms with Gasteiger partial charge in [-0.15, -0.1) is 0 Å². The van der Waals surface area contributed by atoms with Crippen LogP contribution in [0.25, 0.3) is 11.4 Å². The van der Waals surface area contributed by atoms with Crippen molar-refractivity contribution in [3.8, 4) is 11.4 Å². The number of benzene rings is 1. The summed E-state index contributed by atoms with van der Waals surface area (Å²) >= 11 is 0. The molecule has 1 aromatic carbocycles. The number of nitrogens with zero attached hydrogens (tertiary/aromatic N) is 2. The third-order valence-corrected chi connectivity index (χ3v) is 3.13. The first-order chi connectivity index (χ1) is 9.28. The maximum absolute atomic E-state index is 7.57. The Morgan fingerprint density at radius 1 is 1.21 bits per heavy atom. The number of hydrogen-bond acceptors (Lipinski definition) is 4. The van der Waals surface area contributed by atoms with Crippen LogP contribution in [0.4, 0.5) is 0 Å². The van der Waals surface area contributed by atoms with Gasteiger partial charge in [-0.3, -0.25) is 0 Å². The first-order valence-electron chi connectivity index (χ1n) is 6.84. The molecule has 0 saturated carbocycles. The molecule has 4 nitrogen and oxygen atoms in total. The van der Waals surface area contributed by atoms with Crippen LogP contribution in [-0.2, 0) is 19.3 Å². The van der Waals surface area contributed by atoms with Crippen LogP contribution in [0.2, 0.25) is 0 Å². The van der Waals surface area contributed by atoms with Gasteiger partial charge in [0.2, 0.25) is 11.7 Å². The van der Waals surface area contributed by atoms with E-state index in [1.165, 1.54) is 30.4 Å². The largest absolute Gasteiger partial charge is 0.397 e. The SMILES string of the molecule is CCO.CCc1nc(-c2ccc3c(c2)CCC3)no1. The zero-order valence-corrected chi connectivity index (χ0v) is 11.5. The fraction of sp³-hybridized carbons (Fsp3) is 0.467. The normalized spacial score (nSPS) is 12.8. The topological polar surface area (TPSA) is 59.2 Å². The van der Waals surface area contributed by atoms with Crippen LogP contribution >= 0.6 is 0 Å². The van der Waals surface area contributed by atoms with Crippen molar-refractivity contribution in [1.82, 2.24) is 10.1 Å². The summed E-state index contributed by atoms with van der Waals surface area (Å²) in [4.78, 5) is 4.35. The highest BCUT2D eigenvalue weighted by molar-refractivity contribution is 5.57. The molecule has 0 spiro atoms. The van der Waals surface area contributed by atoms with E-state index in [1.807, 2.05) is 6.92 Å². The predicted octanol–water partition coefficient (Wildman–Crippen LogP) is 2.79. The number of aliphatic hydroxyl groups excluding tert-OH is 1. The molecule has 0 unspecified atom stereocenters. The predicted molar refractivity (Wildman–Crippen MR) is 73.9 cm³/mol. The molecule has 0 fully saturated rings. The molecule has 3 rings (SSSR count). The highest BCUT2D eigenvalue weighted by Crippen LogP contribution is 2.26. The van der Waals surface area contributed by atoms with Gasteiger partial charge in [-0.05, 0) is 43.4 Å². The molecular weight excluding hydrogens is 240 g/mol. The highest BCUT2D eigenvalue weighted by atomic mass is 16.5. The fourth-order valence-corrected chi connectivity index (χ4v) is 2.23. The lowest BCUT2D eigenvalue weighted by Gasteiger charge is -2.00. The average Bonchev–Trinajstić information content (AvgIpc) is 3.07. The fourth-order valence-electron chi connectivity index (χ4n) is 2.23. The van der Waals surface area contributed by atoms with Gasteiger partial charge in [0.05, 0.1) is 0 Å². The Morgan fingerprint density at radius 3 is 2.63 bits per heavy atom. The summed E-state index contributed by atoms with van der Waals surface area (Å²) in [6.07, 6.45) is 4.45. The Labute approximate surface area is 113 Å². The van der Waals surface area contributed by atoms with Crippen molar-refractivity contribution in [2.45, 2.75) is 39.5 Å². The minimum absolute atomic E-state index is 0.250. The van der Waals surface area contributed by atoms with Crippen molar-refractivity contribution in [3.05, 3.63) is 35.2 Å². The molecule has 1 aliphatic carbocycles. The van der Waals surface area contributed by atoms with Gasteiger partial charge in [0.15, 0.2) is 0 Å². The number of aromatic nitrogens is 2. The Balaban J connectivity index is 0.000000408. The van der Waals surface area contributed by atoms with Gasteiger partial charge in [-0.2, -0.15) is 4.98 Å². The summed E-state index contributed by atoms with van der Waals surface area (Å²) in [5, 5.41) is 11.6. The minimum atomic E-state index is 0.250. The number of fused-ring (bicyclic) bond motifs is 1. The maximum Gasteiger partial charge on any atom is 0.226 e. The minimum Gasteiger partial charge on any atom is -0.397 e. The van der Waals surface area contributed by atoms with E-state index in [2.05, 4.69) is 28.3 Å². The monoisotopic (exact) mass is 260 g/mol. The highest BCUT2D eigenvalue weighted by Gasteiger charge is 2.13. The summed E-state index contributed by atoms with van der Waals surface area (Å²) in [6, 6.07) is 6.49. The van der Waals surface area contributed by atoms with Crippen LogP contribution in [0.15, 0.2) is 22.7 Å². The number of aryl methyl sites for hydroxylation is 3. The van der Waals surface area contributed by atoms with Crippen molar-refractivity contribution in [2.75, 3.05) is 6.61 Å². The molecule has 0 bridgehead atoms. The van der Waals surface area contributed by atoms with Crippen LogP contribution in [0.1, 0.15) is 37.3 Å². The lowest BCUT2D eigenvalue weighted by atomic mass is 10.1. The molecule has 0 amide bonds. The quantitative estimate of drug-likeness (QED) is 0.902. The van der Waals surface area contributed by atoms with Gasteiger partial charge in [-0.1, -0.05) is 24.2 Å². The Morgan fingerprint density at radius 2 is 1.95 bits per heavy atom. The Hall–Kier alpha value is -1.68. The first-order valence-corrected chi connectivity index (χ1v) is 6.84.